The first kappa shape index (κ1) is 14.6. The van der Waals surface area contributed by atoms with Gasteiger partial charge in [0.25, 0.3) is 0 Å². The van der Waals surface area contributed by atoms with Gasteiger partial charge in [-0.05, 0) is 48.1 Å². The van der Waals surface area contributed by atoms with Gasteiger partial charge < -0.3 is 5.11 Å². The first-order chi connectivity index (χ1) is 10.2. The number of aliphatic hydroxyl groups excluding tert-OH is 1. The number of halogens is 2. The third-order valence-corrected chi connectivity index (χ3v) is 4.37. The summed E-state index contributed by atoms with van der Waals surface area (Å²) in [7, 11) is 0. The maximum atomic E-state index is 9.20. The van der Waals surface area contributed by atoms with Crippen molar-refractivity contribution in [1.29, 1.82) is 0 Å². The van der Waals surface area contributed by atoms with E-state index in [0.717, 1.165) is 30.5 Å². The van der Waals surface area contributed by atoms with Crippen molar-refractivity contribution in [2.45, 2.75) is 25.8 Å². The van der Waals surface area contributed by atoms with Gasteiger partial charge in [0.2, 0.25) is 0 Å². The van der Waals surface area contributed by atoms with E-state index in [1.165, 1.54) is 11.1 Å². The molecule has 1 heterocycles. The van der Waals surface area contributed by atoms with Crippen molar-refractivity contribution in [3.05, 3.63) is 57.3 Å². The summed E-state index contributed by atoms with van der Waals surface area (Å²) in [6.07, 6.45) is 6.91. The quantitative estimate of drug-likeness (QED) is 0.929. The number of hydrogen-bond donors (Lipinski definition) is 1. The zero-order valence-corrected chi connectivity index (χ0v) is 13.0. The Morgan fingerprint density at radius 3 is 2.90 bits per heavy atom. The highest BCUT2D eigenvalue weighted by Gasteiger charge is 2.19. The molecular weight excluding hydrogens is 307 g/mol. The van der Waals surface area contributed by atoms with Crippen LogP contribution in [0, 0.1) is 0 Å². The number of allylic oxidation sites excluding steroid dienone is 1. The van der Waals surface area contributed by atoms with E-state index in [4.69, 9.17) is 23.2 Å². The summed E-state index contributed by atoms with van der Waals surface area (Å²) in [6, 6.07) is 5.51. The summed E-state index contributed by atoms with van der Waals surface area (Å²) < 4.78 is 1.96. The lowest BCUT2D eigenvalue weighted by atomic mass is 9.92. The Labute approximate surface area is 133 Å². The molecule has 110 valence electrons. The van der Waals surface area contributed by atoms with Crippen LogP contribution in [-0.2, 0) is 13.0 Å². The highest BCUT2D eigenvalue weighted by atomic mass is 35.5. The molecule has 0 saturated carbocycles. The molecule has 2 aromatic rings. The van der Waals surface area contributed by atoms with Gasteiger partial charge in [-0.2, -0.15) is 5.10 Å². The summed E-state index contributed by atoms with van der Waals surface area (Å²) in [5.74, 6) is 0. The second kappa shape index (κ2) is 6.22. The standard InChI is InChI=1S/C16H16Cl2N2O/c17-14-5-4-13(15(18)8-14)10-20-16-11(6-7-21)2-1-3-12(16)9-19-20/h4-6,8-9,21H,1-3,7,10H2/b11-6+. The molecule has 0 radical (unpaired) electrons. The Bertz CT molecular complexity index is 692. The van der Waals surface area contributed by atoms with Crippen molar-refractivity contribution in [2.75, 3.05) is 6.61 Å². The zero-order valence-electron chi connectivity index (χ0n) is 11.5. The molecule has 1 aromatic heterocycles. The SMILES string of the molecule is OC/C=C1\CCCc2cnn(Cc3ccc(Cl)cc3Cl)c21. The molecule has 0 bridgehead atoms. The average Bonchev–Trinajstić information content (AvgIpc) is 2.87. The lowest BCUT2D eigenvalue weighted by molar-refractivity contribution is 0.342. The molecular formula is C16H16Cl2N2O. The van der Waals surface area contributed by atoms with E-state index in [1.807, 2.05) is 29.1 Å². The maximum Gasteiger partial charge on any atom is 0.0681 e. The summed E-state index contributed by atoms with van der Waals surface area (Å²) in [5.41, 5.74) is 4.52. The summed E-state index contributed by atoms with van der Waals surface area (Å²) >= 11 is 12.2. The van der Waals surface area contributed by atoms with E-state index in [2.05, 4.69) is 5.10 Å². The molecule has 0 saturated heterocycles. The van der Waals surface area contributed by atoms with Crippen LogP contribution < -0.4 is 0 Å². The van der Waals surface area contributed by atoms with E-state index < -0.39 is 0 Å². The Morgan fingerprint density at radius 2 is 2.14 bits per heavy atom. The monoisotopic (exact) mass is 322 g/mol. The molecule has 5 heteroatoms. The van der Waals surface area contributed by atoms with Crippen LogP contribution in [0.15, 0.2) is 30.5 Å². The van der Waals surface area contributed by atoms with E-state index in [1.54, 1.807) is 6.07 Å². The Kier molecular flexibility index (Phi) is 4.34. The highest BCUT2D eigenvalue weighted by molar-refractivity contribution is 6.35. The van der Waals surface area contributed by atoms with Gasteiger partial charge in [-0.1, -0.05) is 35.3 Å². The molecule has 0 spiro atoms. The molecule has 0 fully saturated rings. The molecule has 0 amide bonds. The number of nitrogens with zero attached hydrogens (tertiary/aromatic N) is 2. The van der Waals surface area contributed by atoms with Crippen LogP contribution in [0.2, 0.25) is 10.0 Å². The number of rotatable bonds is 3. The number of hydrogen-bond acceptors (Lipinski definition) is 2. The highest BCUT2D eigenvalue weighted by Crippen LogP contribution is 2.31. The number of aromatic nitrogens is 2. The van der Waals surface area contributed by atoms with Gasteiger partial charge >= 0.3 is 0 Å². The van der Waals surface area contributed by atoms with Crippen LogP contribution in [0.3, 0.4) is 0 Å². The first-order valence-corrected chi connectivity index (χ1v) is 7.73. The van der Waals surface area contributed by atoms with Gasteiger partial charge in [0.15, 0.2) is 0 Å². The van der Waals surface area contributed by atoms with Crippen molar-refractivity contribution in [3.8, 4) is 0 Å². The van der Waals surface area contributed by atoms with E-state index >= 15 is 0 Å². The van der Waals surface area contributed by atoms with Crippen molar-refractivity contribution in [1.82, 2.24) is 9.78 Å². The minimum atomic E-state index is 0.0572. The molecule has 1 aliphatic rings. The normalized spacial score (nSPS) is 16.2. The second-order valence-corrected chi connectivity index (χ2v) is 6.02. The van der Waals surface area contributed by atoms with Crippen LogP contribution in [-0.4, -0.2) is 21.5 Å². The van der Waals surface area contributed by atoms with Gasteiger partial charge in [-0.3, -0.25) is 4.68 Å². The fourth-order valence-corrected chi connectivity index (χ4v) is 3.27. The summed E-state index contributed by atoms with van der Waals surface area (Å²) in [6.45, 7) is 0.662. The van der Waals surface area contributed by atoms with E-state index in [9.17, 15) is 5.11 Å². The summed E-state index contributed by atoms with van der Waals surface area (Å²) in [5, 5.41) is 15.0. The smallest absolute Gasteiger partial charge is 0.0681 e. The largest absolute Gasteiger partial charge is 0.392 e. The van der Waals surface area contributed by atoms with Crippen molar-refractivity contribution >= 4 is 28.8 Å². The predicted octanol–water partition coefficient (Wildman–Crippen LogP) is 3.95. The van der Waals surface area contributed by atoms with Gasteiger partial charge in [0.05, 0.1) is 25.0 Å². The van der Waals surface area contributed by atoms with Crippen LogP contribution in [0.25, 0.3) is 5.57 Å². The van der Waals surface area contributed by atoms with Gasteiger partial charge in [0, 0.05) is 10.0 Å². The van der Waals surface area contributed by atoms with Crippen molar-refractivity contribution in [2.24, 2.45) is 0 Å². The number of fused-ring (bicyclic) bond motifs is 1. The third kappa shape index (κ3) is 3.00. The third-order valence-electron chi connectivity index (χ3n) is 3.78. The Balaban J connectivity index is 1.97. The van der Waals surface area contributed by atoms with E-state index in [-0.39, 0.29) is 6.61 Å². The van der Waals surface area contributed by atoms with Crippen LogP contribution in [0.5, 0.6) is 0 Å². The fourth-order valence-electron chi connectivity index (χ4n) is 2.81. The summed E-state index contributed by atoms with van der Waals surface area (Å²) in [4.78, 5) is 0. The van der Waals surface area contributed by atoms with Crippen molar-refractivity contribution in [3.63, 3.8) is 0 Å². The molecule has 3 nitrogen and oxygen atoms in total. The minimum Gasteiger partial charge on any atom is -0.392 e. The van der Waals surface area contributed by atoms with Crippen LogP contribution in [0.1, 0.15) is 29.7 Å². The topological polar surface area (TPSA) is 38.1 Å². The Hall–Kier alpha value is -1.29. The molecule has 3 rings (SSSR count). The molecule has 0 unspecified atom stereocenters. The second-order valence-electron chi connectivity index (χ2n) is 5.18. The number of benzene rings is 1. The number of aliphatic hydroxyl groups is 1. The minimum absolute atomic E-state index is 0.0572. The maximum absolute atomic E-state index is 9.20. The van der Waals surface area contributed by atoms with Gasteiger partial charge in [-0.25, -0.2) is 0 Å². The van der Waals surface area contributed by atoms with Gasteiger partial charge in [0.1, 0.15) is 0 Å². The Morgan fingerprint density at radius 1 is 1.29 bits per heavy atom. The van der Waals surface area contributed by atoms with Crippen LogP contribution in [0.4, 0.5) is 0 Å². The first-order valence-electron chi connectivity index (χ1n) is 6.98. The van der Waals surface area contributed by atoms with Crippen LogP contribution >= 0.6 is 23.2 Å². The predicted molar refractivity (Wildman–Crippen MR) is 85.8 cm³/mol. The number of aryl methyl sites for hydroxylation is 1. The lowest BCUT2D eigenvalue weighted by Gasteiger charge is -2.18. The zero-order chi connectivity index (χ0) is 14.8. The lowest BCUT2D eigenvalue weighted by Crippen LogP contribution is -2.10. The van der Waals surface area contributed by atoms with E-state index in [0.29, 0.717) is 16.6 Å². The average molecular weight is 323 g/mol. The fraction of sp³-hybridized carbons (Fsp3) is 0.312. The van der Waals surface area contributed by atoms with Gasteiger partial charge in [-0.15, -0.1) is 0 Å². The van der Waals surface area contributed by atoms with Crippen molar-refractivity contribution < 1.29 is 5.11 Å². The molecule has 1 aliphatic carbocycles. The molecule has 1 aromatic carbocycles. The molecule has 1 N–H and O–H groups in total. The molecule has 21 heavy (non-hydrogen) atoms. The molecule has 0 aliphatic heterocycles. The molecule has 0 atom stereocenters.